The Labute approximate surface area is 266 Å². The Morgan fingerprint density at radius 1 is 0.955 bits per heavy atom. The number of sulfonamides is 1. The van der Waals surface area contributed by atoms with Crippen molar-refractivity contribution in [2.45, 2.75) is 25.7 Å². The zero-order valence-corrected chi connectivity index (χ0v) is 27.1. The number of ether oxygens (including phenoxy) is 3. The predicted octanol–water partition coefficient (Wildman–Crippen LogP) is 6.16. The minimum absolute atomic E-state index is 0.0879. The van der Waals surface area contributed by atoms with Crippen molar-refractivity contribution in [1.82, 2.24) is 9.99 Å². The fourth-order valence-electron chi connectivity index (χ4n) is 4.57. The molecule has 232 valence electrons. The van der Waals surface area contributed by atoms with E-state index in [2.05, 4.69) is 10.5 Å². The summed E-state index contributed by atoms with van der Waals surface area (Å²) in [5, 5.41) is 4.99. The number of benzene rings is 3. The second-order valence-electron chi connectivity index (χ2n) is 9.51. The predicted molar refractivity (Wildman–Crippen MR) is 173 cm³/mol. The highest BCUT2D eigenvalue weighted by Crippen LogP contribution is 2.33. The van der Waals surface area contributed by atoms with Gasteiger partial charge in [0.05, 0.1) is 47.7 Å². The van der Waals surface area contributed by atoms with Gasteiger partial charge in [-0.05, 0) is 81.4 Å². The highest BCUT2D eigenvalue weighted by Gasteiger charge is 2.28. The summed E-state index contributed by atoms with van der Waals surface area (Å²) >= 11 is 12.3. The van der Waals surface area contributed by atoms with Gasteiger partial charge in [0.1, 0.15) is 12.3 Å². The molecule has 0 saturated heterocycles. The first-order valence-corrected chi connectivity index (χ1v) is 15.6. The first-order valence-electron chi connectivity index (χ1n) is 13.4. The van der Waals surface area contributed by atoms with Crippen LogP contribution in [0.25, 0.3) is 5.69 Å². The lowest BCUT2D eigenvalue weighted by Crippen LogP contribution is -2.39. The van der Waals surface area contributed by atoms with Crippen molar-refractivity contribution in [2.24, 2.45) is 5.10 Å². The number of aryl methyl sites for hydroxylation is 1. The van der Waals surface area contributed by atoms with E-state index < -0.39 is 22.5 Å². The van der Waals surface area contributed by atoms with Gasteiger partial charge in [-0.25, -0.2) is 13.8 Å². The molecule has 0 aliphatic rings. The van der Waals surface area contributed by atoms with E-state index in [1.807, 2.05) is 37.5 Å². The normalized spacial score (nSPS) is 11.4. The summed E-state index contributed by atoms with van der Waals surface area (Å²) in [4.78, 5) is 13.0. The molecule has 0 atom stereocenters. The summed E-state index contributed by atoms with van der Waals surface area (Å²) in [6.45, 7) is 5.58. The summed E-state index contributed by atoms with van der Waals surface area (Å²) in [5.41, 5.74) is 6.04. The molecule has 1 heterocycles. The molecule has 0 fully saturated rings. The maximum Gasteiger partial charge on any atom is 0.264 e. The Bertz CT molecular complexity index is 1790. The summed E-state index contributed by atoms with van der Waals surface area (Å²) in [6.07, 6.45) is 1.50. The topological polar surface area (TPSA) is 111 Å². The quantitative estimate of drug-likeness (QED) is 0.144. The lowest BCUT2D eigenvalue weighted by atomic mass is 10.2. The SMILES string of the molecule is CCOc1ccc(N(CC(=O)N/N=C\c2cc(C)n(-c3ccc(Cl)c(Cl)c3)c2C)S(=O)(=O)c2ccc(OC)c(OC)c2)cc1. The molecule has 0 bridgehead atoms. The Morgan fingerprint density at radius 2 is 1.66 bits per heavy atom. The number of anilines is 1. The van der Waals surface area contributed by atoms with Crippen LogP contribution in [0.15, 0.2) is 76.7 Å². The number of nitrogens with zero attached hydrogens (tertiary/aromatic N) is 3. The van der Waals surface area contributed by atoms with E-state index in [0.29, 0.717) is 28.2 Å². The van der Waals surface area contributed by atoms with Gasteiger partial charge in [-0.15, -0.1) is 0 Å². The Balaban J connectivity index is 1.59. The number of halogens is 2. The van der Waals surface area contributed by atoms with Gasteiger partial charge < -0.3 is 18.8 Å². The van der Waals surface area contributed by atoms with Crippen LogP contribution in [0.1, 0.15) is 23.9 Å². The molecule has 4 aromatic rings. The van der Waals surface area contributed by atoms with Crippen molar-refractivity contribution < 1.29 is 27.4 Å². The number of methoxy groups -OCH3 is 2. The third-order valence-corrected chi connectivity index (χ3v) is 9.20. The molecular weight excluding hydrogens is 627 g/mol. The molecule has 0 saturated carbocycles. The molecule has 3 aromatic carbocycles. The van der Waals surface area contributed by atoms with Crippen LogP contribution in [0.5, 0.6) is 17.2 Å². The molecule has 1 amide bonds. The summed E-state index contributed by atoms with van der Waals surface area (Å²) < 4.78 is 46.7. The fourth-order valence-corrected chi connectivity index (χ4v) is 6.30. The van der Waals surface area contributed by atoms with Crippen LogP contribution in [0.3, 0.4) is 0 Å². The first kappa shape index (κ1) is 32.7. The molecule has 0 radical (unpaired) electrons. The molecule has 4 rings (SSSR count). The maximum absolute atomic E-state index is 13.9. The number of hydrogen-bond donors (Lipinski definition) is 1. The van der Waals surface area contributed by atoms with Crippen molar-refractivity contribution in [3.05, 3.63) is 93.7 Å². The third-order valence-electron chi connectivity index (χ3n) is 6.69. The third kappa shape index (κ3) is 7.12. The summed E-state index contributed by atoms with van der Waals surface area (Å²) in [6, 6.07) is 17.9. The second-order valence-corrected chi connectivity index (χ2v) is 12.2. The van der Waals surface area contributed by atoms with E-state index in [1.54, 1.807) is 36.4 Å². The van der Waals surface area contributed by atoms with Crippen LogP contribution < -0.4 is 23.9 Å². The van der Waals surface area contributed by atoms with Crippen LogP contribution >= 0.6 is 23.2 Å². The number of nitrogens with one attached hydrogen (secondary N) is 1. The number of amides is 1. The summed E-state index contributed by atoms with van der Waals surface area (Å²) in [5.74, 6) is 0.502. The number of aromatic nitrogens is 1. The van der Waals surface area contributed by atoms with Gasteiger partial charge in [0.2, 0.25) is 0 Å². The van der Waals surface area contributed by atoms with Gasteiger partial charge >= 0.3 is 0 Å². The fraction of sp³-hybridized carbons (Fsp3) is 0.226. The molecule has 0 unspecified atom stereocenters. The van der Waals surface area contributed by atoms with Crippen LogP contribution in [0, 0.1) is 13.8 Å². The van der Waals surface area contributed by atoms with Crippen molar-refractivity contribution in [3.8, 4) is 22.9 Å². The van der Waals surface area contributed by atoms with E-state index in [1.165, 1.54) is 38.6 Å². The molecule has 1 N–H and O–H groups in total. The lowest BCUT2D eigenvalue weighted by molar-refractivity contribution is -0.119. The van der Waals surface area contributed by atoms with Crippen molar-refractivity contribution in [1.29, 1.82) is 0 Å². The average Bonchev–Trinajstić information content (AvgIpc) is 3.29. The highest BCUT2D eigenvalue weighted by molar-refractivity contribution is 7.92. The molecule has 10 nitrogen and oxygen atoms in total. The van der Waals surface area contributed by atoms with Gasteiger partial charge in [0.25, 0.3) is 15.9 Å². The molecule has 1 aromatic heterocycles. The summed E-state index contributed by atoms with van der Waals surface area (Å²) in [7, 11) is -1.37. The Hall–Kier alpha value is -4.19. The van der Waals surface area contributed by atoms with Crippen LogP contribution in [-0.2, 0) is 14.8 Å². The van der Waals surface area contributed by atoms with Gasteiger partial charge in [0.15, 0.2) is 11.5 Å². The van der Waals surface area contributed by atoms with Gasteiger partial charge in [-0.3, -0.25) is 9.10 Å². The number of hydrogen-bond acceptors (Lipinski definition) is 7. The van der Waals surface area contributed by atoms with E-state index >= 15 is 0 Å². The van der Waals surface area contributed by atoms with Crippen LogP contribution in [0.4, 0.5) is 5.69 Å². The van der Waals surface area contributed by atoms with E-state index in [9.17, 15) is 13.2 Å². The standard InChI is InChI=1S/C31H32Cl2N4O6S/c1-6-43-25-10-7-23(8-11-25)36(44(39,40)26-12-14-29(41-4)30(17-26)42-5)19-31(38)35-34-18-22-15-20(2)37(21(22)3)24-9-13-27(32)28(33)16-24/h7-18H,6,19H2,1-5H3,(H,35,38)/b34-18-. The maximum atomic E-state index is 13.9. The van der Waals surface area contributed by atoms with Gasteiger partial charge in [-0.1, -0.05) is 23.2 Å². The van der Waals surface area contributed by atoms with Crippen molar-refractivity contribution >= 4 is 51.0 Å². The molecule has 13 heteroatoms. The molecule has 0 aliphatic carbocycles. The zero-order valence-electron chi connectivity index (χ0n) is 24.8. The average molecular weight is 660 g/mol. The minimum atomic E-state index is -4.23. The van der Waals surface area contributed by atoms with Crippen LogP contribution in [-0.4, -0.2) is 52.5 Å². The van der Waals surface area contributed by atoms with Crippen molar-refractivity contribution in [2.75, 3.05) is 31.7 Å². The van der Waals surface area contributed by atoms with E-state index in [-0.39, 0.29) is 16.3 Å². The van der Waals surface area contributed by atoms with Gasteiger partial charge in [-0.2, -0.15) is 5.10 Å². The zero-order chi connectivity index (χ0) is 32.0. The number of carbonyl (C=O) groups is 1. The number of carbonyl (C=O) groups excluding carboxylic acids is 1. The number of hydrazone groups is 1. The molecule has 44 heavy (non-hydrogen) atoms. The van der Waals surface area contributed by atoms with Gasteiger partial charge in [0, 0.05) is 28.7 Å². The molecular formula is C31H32Cl2N4O6S. The minimum Gasteiger partial charge on any atom is -0.494 e. The second kappa shape index (κ2) is 14.1. The Kier molecular flexibility index (Phi) is 10.5. The number of rotatable bonds is 12. The molecule has 0 aliphatic heterocycles. The first-order chi connectivity index (χ1) is 21.0. The highest BCUT2D eigenvalue weighted by atomic mass is 35.5. The lowest BCUT2D eigenvalue weighted by Gasteiger charge is -2.24. The van der Waals surface area contributed by atoms with E-state index in [0.717, 1.165) is 26.9 Å². The molecule has 0 spiro atoms. The monoisotopic (exact) mass is 658 g/mol. The van der Waals surface area contributed by atoms with Crippen molar-refractivity contribution in [3.63, 3.8) is 0 Å². The Morgan fingerprint density at radius 3 is 2.30 bits per heavy atom. The van der Waals surface area contributed by atoms with E-state index in [4.69, 9.17) is 37.4 Å². The smallest absolute Gasteiger partial charge is 0.264 e. The largest absolute Gasteiger partial charge is 0.494 e. The van der Waals surface area contributed by atoms with Crippen LogP contribution in [0.2, 0.25) is 10.0 Å².